The smallest absolute Gasteiger partial charge is 0.316 e. The zero-order valence-corrected chi connectivity index (χ0v) is 13.1. The van der Waals surface area contributed by atoms with Crippen LogP contribution in [0.3, 0.4) is 0 Å². The number of thioether (sulfide) groups is 1. The van der Waals surface area contributed by atoms with Gasteiger partial charge in [0, 0.05) is 16.3 Å². The summed E-state index contributed by atoms with van der Waals surface area (Å²) in [7, 11) is 0. The number of rotatable bonds is 5. The Morgan fingerprint density at radius 3 is 2.18 bits per heavy atom. The van der Waals surface area contributed by atoms with E-state index in [0.717, 1.165) is 4.90 Å². The van der Waals surface area contributed by atoms with E-state index in [0.29, 0.717) is 16.4 Å². The maximum atomic E-state index is 11.9. The Bertz CT molecular complexity index is 677. The van der Waals surface area contributed by atoms with Crippen molar-refractivity contribution in [2.24, 2.45) is 5.73 Å². The number of anilines is 2. The lowest BCUT2D eigenvalue weighted by Crippen LogP contribution is -2.19. The number of nitrogens with two attached hydrogens (primary N) is 1. The molecular formula is C15H14ClN3O2S. The average molecular weight is 336 g/mol. The molecule has 0 saturated heterocycles. The predicted octanol–water partition coefficient (Wildman–Crippen LogP) is 3.56. The van der Waals surface area contributed by atoms with Crippen LogP contribution in [0, 0.1) is 0 Å². The molecule has 0 aliphatic rings. The lowest BCUT2D eigenvalue weighted by Gasteiger charge is -2.07. The fourth-order valence-corrected chi connectivity index (χ4v) is 2.72. The summed E-state index contributed by atoms with van der Waals surface area (Å²) >= 11 is 7.40. The summed E-state index contributed by atoms with van der Waals surface area (Å²) in [5, 5.41) is 5.84. The molecule has 0 atom stereocenters. The van der Waals surface area contributed by atoms with Crippen LogP contribution in [0.5, 0.6) is 0 Å². The maximum Gasteiger partial charge on any atom is 0.316 e. The molecule has 2 rings (SSSR count). The molecule has 0 aliphatic carbocycles. The Morgan fingerprint density at radius 1 is 1.00 bits per heavy atom. The molecule has 0 aromatic heterocycles. The minimum absolute atomic E-state index is 0.138. The number of nitrogens with one attached hydrogen (secondary N) is 2. The third-order valence-corrected chi connectivity index (χ3v) is 4.15. The van der Waals surface area contributed by atoms with E-state index in [1.165, 1.54) is 11.8 Å². The normalized spacial score (nSPS) is 10.0. The van der Waals surface area contributed by atoms with Crippen molar-refractivity contribution in [2.75, 3.05) is 16.4 Å². The molecule has 3 amide bonds. The molecule has 0 spiro atoms. The second-order valence-corrected chi connectivity index (χ2v) is 5.76. The number of amides is 3. The number of hydrogen-bond acceptors (Lipinski definition) is 3. The zero-order chi connectivity index (χ0) is 15.9. The van der Waals surface area contributed by atoms with Gasteiger partial charge < -0.3 is 16.4 Å². The lowest BCUT2D eigenvalue weighted by atomic mass is 10.3. The Kier molecular flexibility index (Phi) is 5.68. The molecule has 0 heterocycles. The topological polar surface area (TPSA) is 84.2 Å². The summed E-state index contributed by atoms with van der Waals surface area (Å²) < 4.78 is 0. The van der Waals surface area contributed by atoms with Crippen molar-refractivity contribution in [3.8, 4) is 0 Å². The van der Waals surface area contributed by atoms with Gasteiger partial charge in [-0.15, -0.1) is 11.8 Å². The van der Waals surface area contributed by atoms with Crippen LogP contribution in [0.1, 0.15) is 0 Å². The summed E-state index contributed by atoms with van der Waals surface area (Å²) in [6.07, 6.45) is 0. The van der Waals surface area contributed by atoms with Gasteiger partial charge in [-0.1, -0.05) is 23.7 Å². The zero-order valence-electron chi connectivity index (χ0n) is 11.5. The van der Waals surface area contributed by atoms with Crippen molar-refractivity contribution in [2.45, 2.75) is 4.90 Å². The molecule has 0 aliphatic heterocycles. The molecular weight excluding hydrogens is 322 g/mol. The van der Waals surface area contributed by atoms with Gasteiger partial charge in [0.25, 0.3) is 0 Å². The number of primary amides is 1. The lowest BCUT2D eigenvalue weighted by molar-refractivity contribution is -0.113. The van der Waals surface area contributed by atoms with Crippen LogP contribution >= 0.6 is 23.4 Å². The van der Waals surface area contributed by atoms with Crippen LogP contribution in [0.4, 0.5) is 16.2 Å². The molecule has 114 valence electrons. The summed E-state index contributed by atoms with van der Waals surface area (Å²) in [5.41, 5.74) is 6.22. The first kappa shape index (κ1) is 16.2. The quantitative estimate of drug-likeness (QED) is 0.730. The number of carbonyl (C=O) groups is 2. The highest BCUT2D eigenvalue weighted by atomic mass is 35.5. The summed E-state index contributed by atoms with van der Waals surface area (Å²) in [6.45, 7) is 0. The first-order valence-corrected chi connectivity index (χ1v) is 7.74. The maximum absolute atomic E-state index is 11.9. The third-order valence-electron chi connectivity index (χ3n) is 2.63. The summed E-state index contributed by atoms with van der Waals surface area (Å²) in [4.78, 5) is 23.5. The fourth-order valence-electron chi connectivity index (χ4n) is 1.68. The molecule has 7 heteroatoms. The largest absolute Gasteiger partial charge is 0.351 e. The monoisotopic (exact) mass is 335 g/mol. The molecule has 0 saturated carbocycles. The van der Waals surface area contributed by atoms with Gasteiger partial charge in [0.1, 0.15) is 0 Å². The number of hydrogen-bond donors (Lipinski definition) is 3. The van der Waals surface area contributed by atoms with Gasteiger partial charge in [-0.3, -0.25) is 4.79 Å². The number of halogens is 1. The van der Waals surface area contributed by atoms with Gasteiger partial charge in [-0.2, -0.15) is 0 Å². The van der Waals surface area contributed by atoms with Gasteiger partial charge in [0.15, 0.2) is 0 Å². The van der Waals surface area contributed by atoms with Crippen molar-refractivity contribution in [1.82, 2.24) is 0 Å². The van der Waals surface area contributed by atoms with E-state index in [-0.39, 0.29) is 11.7 Å². The van der Waals surface area contributed by atoms with Gasteiger partial charge in [-0.05, 0) is 36.4 Å². The highest BCUT2D eigenvalue weighted by molar-refractivity contribution is 8.00. The Hall–Kier alpha value is -2.18. The van der Waals surface area contributed by atoms with Crippen molar-refractivity contribution >= 4 is 46.7 Å². The van der Waals surface area contributed by atoms with Crippen LogP contribution in [0.25, 0.3) is 0 Å². The Labute approximate surface area is 137 Å². The number of benzene rings is 2. The first-order valence-electron chi connectivity index (χ1n) is 6.38. The minimum atomic E-state index is -0.632. The van der Waals surface area contributed by atoms with E-state index < -0.39 is 6.03 Å². The van der Waals surface area contributed by atoms with E-state index in [2.05, 4.69) is 10.6 Å². The van der Waals surface area contributed by atoms with Gasteiger partial charge in [0.05, 0.1) is 10.8 Å². The van der Waals surface area contributed by atoms with Crippen molar-refractivity contribution < 1.29 is 9.59 Å². The molecule has 0 bridgehead atoms. The average Bonchev–Trinajstić information content (AvgIpc) is 2.48. The first-order chi connectivity index (χ1) is 10.5. The fraction of sp³-hybridized carbons (Fsp3) is 0.0667. The van der Waals surface area contributed by atoms with Gasteiger partial charge in [0.2, 0.25) is 5.91 Å². The molecule has 0 unspecified atom stereocenters. The Morgan fingerprint density at radius 2 is 1.59 bits per heavy atom. The van der Waals surface area contributed by atoms with Crippen molar-refractivity contribution in [1.29, 1.82) is 0 Å². The molecule has 22 heavy (non-hydrogen) atoms. The Balaban J connectivity index is 1.87. The van der Waals surface area contributed by atoms with Crippen LogP contribution < -0.4 is 16.4 Å². The van der Waals surface area contributed by atoms with E-state index in [4.69, 9.17) is 17.3 Å². The molecule has 0 radical (unpaired) electrons. The third kappa shape index (κ3) is 4.98. The second kappa shape index (κ2) is 7.72. The SMILES string of the molecule is NC(=O)Nc1ccc(NC(=O)CSc2ccccc2Cl)cc1. The number of carbonyl (C=O) groups excluding carboxylic acids is 2. The van der Waals surface area contributed by atoms with Gasteiger partial charge in [-0.25, -0.2) is 4.79 Å². The van der Waals surface area contributed by atoms with E-state index in [1.807, 2.05) is 18.2 Å². The van der Waals surface area contributed by atoms with Crippen LogP contribution in [0.15, 0.2) is 53.4 Å². The van der Waals surface area contributed by atoms with Crippen molar-refractivity contribution in [3.63, 3.8) is 0 Å². The van der Waals surface area contributed by atoms with E-state index in [9.17, 15) is 9.59 Å². The van der Waals surface area contributed by atoms with Crippen LogP contribution in [0.2, 0.25) is 5.02 Å². The predicted molar refractivity (Wildman–Crippen MR) is 90.5 cm³/mol. The molecule has 2 aromatic rings. The van der Waals surface area contributed by atoms with E-state index in [1.54, 1.807) is 30.3 Å². The molecule has 4 N–H and O–H groups in total. The summed E-state index contributed by atoms with van der Waals surface area (Å²) in [5.74, 6) is 0.117. The van der Waals surface area contributed by atoms with Crippen LogP contribution in [-0.4, -0.2) is 17.7 Å². The highest BCUT2D eigenvalue weighted by Gasteiger charge is 2.06. The molecule has 0 fully saturated rings. The highest BCUT2D eigenvalue weighted by Crippen LogP contribution is 2.26. The van der Waals surface area contributed by atoms with Gasteiger partial charge >= 0.3 is 6.03 Å². The molecule has 5 nitrogen and oxygen atoms in total. The van der Waals surface area contributed by atoms with Crippen molar-refractivity contribution in [3.05, 3.63) is 53.6 Å². The summed E-state index contributed by atoms with van der Waals surface area (Å²) in [6, 6.07) is 13.4. The second-order valence-electron chi connectivity index (χ2n) is 4.33. The minimum Gasteiger partial charge on any atom is -0.351 e. The number of urea groups is 1. The standard InChI is InChI=1S/C15H14ClN3O2S/c16-12-3-1-2-4-13(12)22-9-14(20)18-10-5-7-11(8-6-10)19-15(17)21/h1-8H,9H2,(H,18,20)(H3,17,19,21). The van der Waals surface area contributed by atoms with Crippen LogP contribution in [-0.2, 0) is 4.79 Å². The molecule has 2 aromatic carbocycles. The van der Waals surface area contributed by atoms with E-state index >= 15 is 0 Å².